The zero-order valence-electron chi connectivity index (χ0n) is 7.37. The van der Waals surface area contributed by atoms with Crippen molar-refractivity contribution in [2.45, 2.75) is 19.1 Å². The zero-order chi connectivity index (χ0) is 8.27. The van der Waals surface area contributed by atoms with Crippen LogP contribution in [0.4, 0.5) is 0 Å². The number of rotatable bonds is 3. The first-order valence-corrected chi connectivity index (χ1v) is 3.93. The van der Waals surface area contributed by atoms with Gasteiger partial charge in [-0.25, -0.2) is 0 Å². The van der Waals surface area contributed by atoms with Crippen LogP contribution in [0, 0.1) is 5.92 Å². The molecular formula is C8H16O3. The van der Waals surface area contributed by atoms with E-state index >= 15 is 0 Å². The second-order valence-corrected chi connectivity index (χ2v) is 3.00. The summed E-state index contributed by atoms with van der Waals surface area (Å²) in [6, 6.07) is 0. The van der Waals surface area contributed by atoms with Crippen molar-refractivity contribution < 1.29 is 14.2 Å². The lowest BCUT2D eigenvalue weighted by atomic mass is 10.0. The van der Waals surface area contributed by atoms with Crippen LogP contribution in [0.5, 0.6) is 0 Å². The monoisotopic (exact) mass is 160 g/mol. The molecule has 0 aromatic heterocycles. The van der Waals surface area contributed by atoms with Crippen molar-refractivity contribution in [3.05, 3.63) is 0 Å². The average Bonchev–Trinajstić information content (AvgIpc) is 2.33. The summed E-state index contributed by atoms with van der Waals surface area (Å²) in [5, 5.41) is 0. The summed E-state index contributed by atoms with van der Waals surface area (Å²) >= 11 is 0. The van der Waals surface area contributed by atoms with E-state index in [-0.39, 0.29) is 12.2 Å². The number of methoxy groups -OCH3 is 2. The van der Waals surface area contributed by atoms with Crippen molar-refractivity contribution in [1.82, 2.24) is 0 Å². The van der Waals surface area contributed by atoms with Gasteiger partial charge in [0.05, 0.1) is 19.3 Å². The van der Waals surface area contributed by atoms with Crippen molar-refractivity contribution >= 4 is 0 Å². The van der Waals surface area contributed by atoms with Crippen LogP contribution in [0.25, 0.3) is 0 Å². The van der Waals surface area contributed by atoms with Crippen LogP contribution in [0.1, 0.15) is 6.92 Å². The Hall–Kier alpha value is -0.120. The Labute approximate surface area is 67.6 Å². The molecule has 11 heavy (non-hydrogen) atoms. The number of ether oxygens (including phenoxy) is 3. The first-order valence-electron chi connectivity index (χ1n) is 3.93. The Balaban J connectivity index is 2.40. The van der Waals surface area contributed by atoms with Gasteiger partial charge in [0.2, 0.25) is 0 Å². The minimum Gasteiger partial charge on any atom is -0.382 e. The first kappa shape index (κ1) is 8.97. The van der Waals surface area contributed by atoms with Crippen molar-refractivity contribution in [2.24, 2.45) is 5.92 Å². The van der Waals surface area contributed by atoms with Gasteiger partial charge >= 0.3 is 0 Å². The van der Waals surface area contributed by atoms with Crippen molar-refractivity contribution in [3.8, 4) is 0 Å². The highest BCUT2D eigenvalue weighted by atomic mass is 16.6. The molecule has 1 rings (SSSR count). The SMILES string of the molecule is COC[C@H]1OC[C@H](C)[C@@H]1OC. The first-order chi connectivity index (χ1) is 5.29. The molecule has 66 valence electrons. The van der Waals surface area contributed by atoms with Crippen LogP contribution in [0.2, 0.25) is 0 Å². The predicted octanol–water partition coefficient (Wildman–Crippen LogP) is 0.683. The van der Waals surface area contributed by atoms with Crippen molar-refractivity contribution in [1.29, 1.82) is 0 Å². The summed E-state index contributed by atoms with van der Waals surface area (Å²) in [7, 11) is 3.40. The van der Waals surface area contributed by atoms with E-state index in [2.05, 4.69) is 6.92 Å². The molecule has 0 spiro atoms. The Bertz CT molecular complexity index is 114. The molecule has 1 aliphatic heterocycles. The highest BCUT2D eigenvalue weighted by molar-refractivity contribution is 4.81. The molecule has 0 bridgehead atoms. The van der Waals surface area contributed by atoms with E-state index in [1.54, 1.807) is 14.2 Å². The fourth-order valence-corrected chi connectivity index (χ4v) is 1.52. The normalized spacial score (nSPS) is 37.9. The molecule has 0 N–H and O–H groups in total. The molecule has 1 heterocycles. The molecule has 1 saturated heterocycles. The Kier molecular flexibility index (Phi) is 3.30. The summed E-state index contributed by atoms with van der Waals surface area (Å²) in [5.41, 5.74) is 0. The smallest absolute Gasteiger partial charge is 0.107 e. The van der Waals surface area contributed by atoms with Gasteiger partial charge in [0.15, 0.2) is 0 Å². The van der Waals surface area contributed by atoms with E-state index in [1.165, 1.54) is 0 Å². The molecule has 3 heteroatoms. The van der Waals surface area contributed by atoms with Gasteiger partial charge in [0, 0.05) is 20.1 Å². The summed E-state index contributed by atoms with van der Waals surface area (Å²) in [6.45, 7) is 3.54. The van der Waals surface area contributed by atoms with Crippen LogP contribution in [0.15, 0.2) is 0 Å². The van der Waals surface area contributed by atoms with E-state index in [9.17, 15) is 0 Å². The molecule has 0 aromatic carbocycles. The molecule has 0 aliphatic carbocycles. The van der Waals surface area contributed by atoms with E-state index in [0.29, 0.717) is 12.5 Å². The minimum absolute atomic E-state index is 0.125. The van der Waals surface area contributed by atoms with E-state index in [4.69, 9.17) is 14.2 Å². The zero-order valence-corrected chi connectivity index (χ0v) is 7.37. The molecule has 0 radical (unpaired) electrons. The highest BCUT2D eigenvalue weighted by Gasteiger charge is 2.34. The Morgan fingerprint density at radius 2 is 2.18 bits per heavy atom. The Morgan fingerprint density at radius 1 is 1.45 bits per heavy atom. The average molecular weight is 160 g/mol. The topological polar surface area (TPSA) is 27.7 Å². The minimum atomic E-state index is 0.125. The van der Waals surface area contributed by atoms with Gasteiger partial charge in [-0.05, 0) is 0 Å². The fourth-order valence-electron chi connectivity index (χ4n) is 1.52. The van der Waals surface area contributed by atoms with Crippen LogP contribution in [0.3, 0.4) is 0 Å². The van der Waals surface area contributed by atoms with Crippen LogP contribution in [-0.2, 0) is 14.2 Å². The third-order valence-electron chi connectivity index (χ3n) is 2.10. The van der Waals surface area contributed by atoms with Crippen LogP contribution >= 0.6 is 0 Å². The summed E-state index contributed by atoms with van der Waals surface area (Å²) in [5.74, 6) is 0.486. The van der Waals surface area contributed by atoms with Crippen molar-refractivity contribution in [2.75, 3.05) is 27.4 Å². The molecule has 1 aliphatic rings. The van der Waals surface area contributed by atoms with E-state index in [0.717, 1.165) is 6.61 Å². The molecule has 0 saturated carbocycles. The standard InChI is InChI=1S/C8H16O3/c1-6-4-11-7(5-9-2)8(6)10-3/h6-8H,4-5H2,1-3H3/t6-,7+,8-/m0/s1. The fraction of sp³-hybridized carbons (Fsp3) is 1.00. The molecule has 0 amide bonds. The molecule has 3 nitrogen and oxygen atoms in total. The highest BCUT2D eigenvalue weighted by Crippen LogP contribution is 2.22. The maximum atomic E-state index is 5.46. The van der Waals surface area contributed by atoms with Gasteiger partial charge in [-0.3, -0.25) is 0 Å². The molecule has 0 unspecified atom stereocenters. The summed E-state index contributed by atoms with van der Waals surface area (Å²) in [6.07, 6.45) is 0.329. The Morgan fingerprint density at radius 3 is 2.73 bits per heavy atom. The van der Waals surface area contributed by atoms with Gasteiger partial charge in [-0.1, -0.05) is 6.92 Å². The predicted molar refractivity (Wildman–Crippen MR) is 41.6 cm³/mol. The van der Waals surface area contributed by atoms with Gasteiger partial charge in [0.25, 0.3) is 0 Å². The lowest BCUT2D eigenvalue weighted by molar-refractivity contribution is -0.0293. The van der Waals surface area contributed by atoms with E-state index < -0.39 is 0 Å². The molecule has 1 fully saturated rings. The van der Waals surface area contributed by atoms with Crippen LogP contribution < -0.4 is 0 Å². The maximum absolute atomic E-state index is 5.46. The summed E-state index contributed by atoms with van der Waals surface area (Å²) < 4.78 is 15.7. The quantitative estimate of drug-likeness (QED) is 0.607. The lowest BCUT2D eigenvalue weighted by Gasteiger charge is -2.18. The molecule has 0 aromatic rings. The van der Waals surface area contributed by atoms with Gasteiger partial charge in [-0.15, -0.1) is 0 Å². The second-order valence-electron chi connectivity index (χ2n) is 3.00. The third-order valence-corrected chi connectivity index (χ3v) is 2.10. The van der Waals surface area contributed by atoms with E-state index in [1.807, 2.05) is 0 Å². The van der Waals surface area contributed by atoms with Gasteiger partial charge < -0.3 is 14.2 Å². The third kappa shape index (κ3) is 1.92. The molecular weight excluding hydrogens is 144 g/mol. The van der Waals surface area contributed by atoms with Crippen molar-refractivity contribution in [3.63, 3.8) is 0 Å². The van der Waals surface area contributed by atoms with Gasteiger partial charge in [0.1, 0.15) is 6.10 Å². The number of hydrogen-bond donors (Lipinski definition) is 0. The summed E-state index contributed by atoms with van der Waals surface area (Å²) in [4.78, 5) is 0. The maximum Gasteiger partial charge on any atom is 0.107 e. The van der Waals surface area contributed by atoms with Crippen LogP contribution in [-0.4, -0.2) is 39.6 Å². The lowest BCUT2D eigenvalue weighted by Crippen LogP contribution is -2.30. The largest absolute Gasteiger partial charge is 0.382 e. The number of hydrogen-bond acceptors (Lipinski definition) is 3. The van der Waals surface area contributed by atoms with Gasteiger partial charge in [-0.2, -0.15) is 0 Å². The molecule has 3 atom stereocenters. The second kappa shape index (κ2) is 4.04.